The van der Waals surface area contributed by atoms with Crippen LogP contribution in [0.4, 0.5) is 0 Å². The Hall–Kier alpha value is -2.02. The van der Waals surface area contributed by atoms with E-state index in [4.69, 9.17) is 0 Å². The van der Waals surface area contributed by atoms with Crippen LogP contribution < -0.4 is 0 Å². The zero-order valence-corrected chi connectivity index (χ0v) is 10.9. The van der Waals surface area contributed by atoms with E-state index < -0.39 is 0 Å². The molecule has 0 aliphatic rings. The molecule has 0 spiro atoms. The summed E-state index contributed by atoms with van der Waals surface area (Å²) in [7, 11) is 0. The van der Waals surface area contributed by atoms with Gasteiger partial charge < -0.3 is 5.11 Å². The number of phenolic OH excluding ortho intramolecular Hbond substituents is 1. The summed E-state index contributed by atoms with van der Waals surface area (Å²) in [4.78, 5) is 0. The Balaban J connectivity index is 0.000000367. The highest BCUT2D eigenvalue weighted by Crippen LogP contribution is 2.33. The Kier molecular flexibility index (Phi) is 3.83. The molecule has 0 saturated carbocycles. The first-order chi connectivity index (χ1) is 8.77. The maximum atomic E-state index is 10.1. The molecule has 0 amide bonds. The van der Waals surface area contributed by atoms with E-state index >= 15 is 0 Å². The molecule has 0 unspecified atom stereocenters. The molecule has 18 heavy (non-hydrogen) atoms. The minimum absolute atomic E-state index is 0.378. The number of fused-ring (bicyclic) bond motifs is 2. The molecule has 1 N–H and O–H groups in total. The largest absolute Gasteiger partial charge is 0.507 e. The molecule has 0 saturated heterocycles. The summed E-state index contributed by atoms with van der Waals surface area (Å²) in [5, 5.41) is 14.1. The second-order valence-electron chi connectivity index (χ2n) is 4.37. The Labute approximate surface area is 108 Å². The molecule has 0 heterocycles. The fourth-order valence-electron chi connectivity index (χ4n) is 1.99. The predicted octanol–water partition coefficient (Wildman–Crippen LogP) is 5.11. The fourth-order valence-corrected chi connectivity index (χ4v) is 1.99. The summed E-state index contributed by atoms with van der Waals surface area (Å²) in [6.45, 7) is 4.25. The van der Waals surface area contributed by atoms with Crippen molar-refractivity contribution in [1.29, 1.82) is 0 Å². The third kappa shape index (κ3) is 2.30. The van der Waals surface area contributed by atoms with Gasteiger partial charge in [-0.3, -0.25) is 0 Å². The highest BCUT2D eigenvalue weighted by Gasteiger charge is 2.04. The van der Waals surface area contributed by atoms with Gasteiger partial charge in [0.25, 0.3) is 0 Å². The molecule has 3 aromatic carbocycles. The van der Waals surface area contributed by atoms with E-state index in [-0.39, 0.29) is 0 Å². The van der Waals surface area contributed by atoms with Crippen molar-refractivity contribution in [3.63, 3.8) is 0 Å². The van der Waals surface area contributed by atoms with Gasteiger partial charge in [-0.05, 0) is 16.8 Å². The Morgan fingerprint density at radius 1 is 0.778 bits per heavy atom. The number of hydrogen-bond acceptors (Lipinski definition) is 1. The van der Waals surface area contributed by atoms with Gasteiger partial charge in [0.05, 0.1) is 0 Å². The lowest BCUT2D eigenvalue weighted by atomic mass is 10.0. The van der Waals surface area contributed by atoms with Crippen molar-refractivity contribution in [3.05, 3.63) is 54.6 Å². The standard InChI is InChI=1S/C14H10O.C3H8/c15-14-12-7-3-1-5-10(12)9-11-6-2-4-8-13(11)14;1-3-2/h1-9,15H;3H2,1-2H3. The summed E-state index contributed by atoms with van der Waals surface area (Å²) in [6, 6.07) is 17.9. The fraction of sp³-hybridized carbons (Fsp3) is 0.176. The van der Waals surface area contributed by atoms with Crippen molar-refractivity contribution in [3.8, 4) is 5.75 Å². The number of rotatable bonds is 0. The van der Waals surface area contributed by atoms with Crippen molar-refractivity contribution in [1.82, 2.24) is 0 Å². The lowest BCUT2D eigenvalue weighted by molar-refractivity contribution is 0.488. The zero-order valence-electron chi connectivity index (χ0n) is 10.9. The lowest BCUT2D eigenvalue weighted by Crippen LogP contribution is -1.77. The van der Waals surface area contributed by atoms with Crippen LogP contribution in [0.5, 0.6) is 5.75 Å². The van der Waals surface area contributed by atoms with Crippen LogP contribution in [0.1, 0.15) is 20.3 Å². The van der Waals surface area contributed by atoms with Crippen LogP contribution in [-0.2, 0) is 0 Å². The highest BCUT2D eigenvalue weighted by molar-refractivity contribution is 6.04. The van der Waals surface area contributed by atoms with Gasteiger partial charge in [-0.15, -0.1) is 0 Å². The molecule has 0 aliphatic heterocycles. The molecule has 0 bridgehead atoms. The van der Waals surface area contributed by atoms with Crippen molar-refractivity contribution < 1.29 is 5.11 Å². The number of benzene rings is 3. The van der Waals surface area contributed by atoms with Crippen LogP contribution in [0.15, 0.2) is 54.6 Å². The molecule has 0 atom stereocenters. The first-order valence-corrected chi connectivity index (χ1v) is 6.37. The van der Waals surface area contributed by atoms with Crippen LogP contribution in [0, 0.1) is 0 Å². The summed E-state index contributed by atoms with van der Waals surface area (Å²) in [6.07, 6.45) is 1.25. The normalized spacial score (nSPS) is 10.1. The third-order valence-corrected chi connectivity index (χ3v) is 2.74. The lowest BCUT2D eigenvalue weighted by Gasteiger charge is -2.05. The third-order valence-electron chi connectivity index (χ3n) is 2.74. The van der Waals surface area contributed by atoms with Gasteiger partial charge in [-0.2, -0.15) is 0 Å². The van der Waals surface area contributed by atoms with Gasteiger partial charge in [-0.25, -0.2) is 0 Å². The molecule has 0 radical (unpaired) electrons. The molecule has 0 aliphatic carbocycles. The molecule has 3 rings (SSSR count). The average molecular weight is 238 g/mol. The summed E-state index contributed by atoms with van der Waals surface area (Å²) in [5.74, 6) is 0.378. The van der Waals surface area contributed by atoms with Crippen molar-refractivity contribution in [2.75, 3.05) is 0 Å². The second-order valence-corrected chi connectivity index (χ2v) is 4.37. The monoisotopic (exact) mass is 238 g/mol. The number of hydrogen-bond donors (Lipinski definition) is 1. The van der Waals surface area contributed by atoms with E-state index in [0.717, 1.165) is 21.5 Å². The minimum Gasteiger partial charge on any atom is -0.507 e. The average Bonchev–Trinajstić information content (AvgIpc) is 2.40. The Bertz CT molecular complexity index is 602. The predicted molar refractivity (Wildman–Crippen MR) is 79.1 cm³/mol. The van der Waals surface area contributed by atoms with E-state index in [9.17, 15) is 5.11 Å². The van der Waals surface area contributed by atoms with E-state index in [1.54, 1.807) is 0 Å². The zero-order chi connectivity index (χ0) is 13.0. The van der Waals surface area contributed by atoms with Crippen molar-refractivity contribution >= 4 is 21.5 Å². The van der Waals surface area contributed by atoms with E-state index in [0.29, 0.717) is 5.75 Å². The molecule has 0 aromatic heterocycles. The maximum Gasteiger partial charge on any atom is 0.131 e. The summed E-state index contributed by atoms with van der Waals surface area (Å²) >= 11 is 0. The number of aromatic hydroxyl groups is 1. The molecule has 1 heteroatoms. The first kappa shape index (κ1) is 12.4. The first-order valence-electron chi connectivity index (χ1n) is 6.37. The number of phenols is 1. The summed E-state index contributed by atoms with van der Waals surface area (Å²) in [5.41, 5.74) is 0. The van der Waals surface area contributed by atoms with Crippen molar-refractivity contribution in [2.24, 2.45) is 0 Å². The van der Waals surface area contributed by atoms with E-state index in [1.165, 1.54) is 6.42 Å². The van der Waals surface area contributed by atoms with Gasteiger partial charge in [0.15, 0.2) is 0 Å². The highest BCUT2D eigenvalue weighted by atomic mass is 16.3. The van der Waals surface area contributed by atoms with Gasteiger partial charge in [0.1, 0.15) is 5.75 Å². The topological polar surface area (TPSA) is 20.2 Å². The Morgan fingerprint density at radius 2 is 1.17 bits per heavy atom. The van der Waals surface area contributed by atoms with Gasteiger partial charge >= 0.3 is 0 Å². The summed E-state index contributed by atoms with van der Waals surface area (Å²) < 4.78 is 0. The molecule has 92 valence electrons. The Morgan fingerprint density at radius 3 is 1.61 bits per heavy atom. The van der Waals surface area contributed by atoms with E-state index in [1.807, 2.05) is 48.5 Å². The van der Waals surface area contributed by atoms with Crippen molar-refractivity contribution in [2.45, 2.75) is 20.3 Å². The molecular formula is C17H18O. The van der Waals surface area contributed by atoms with Gasteiger partial charge in [0.2, 0.25) is 0 Å². The molecule has 3 aromatic rings. The minimum atomic E-state index is 0.378. The van der Waals surface area contributed by atoms with E-state index in [2.05, 4.69) is 19.9 Å². The maximum absolute atomic E-state index is 10.1. The molecule has 0 fully saturated rings. The smallest absolute Gasteiger partial charge is 0.131 e. The quantitative estimate of drug-likeness (QED) is 0.539. The van der Waals surface area contributed by atoms with Crippen LogP contribution in [0.25, 0.3) is 21.5 Å². The SMILES string of the molecule is CCC.Oc1c2ccccc2cc2ccccc12. The van der Waals surface area contributed by atoms with Gasteiger partial charge in [-0.1, -0.05) is 68.8 Å². The van der Waals surface area contributed by atoms with Gasteiger partial charge in [0, 0.05) is 10.8 Å². The second kappa shape index (κ2) is 5.54. The van der Waals surface area contributed by atoms with Crippen LogP contribution in [0.2, 0.25) is 0 Å². The van der Waals surface area contributed by atoms with Crippen LogP contribution >= 0.6 is 0 Å². The van der Waals surface area contributed by atoms with Crippen LogP contribution in [-0.4, -0.2) is 5.11 Å². The van der Waals surface area contributed by atoms with Crippen LogP contribution in [0.3, 0.4) is 0 Å². The molecular weight excluding hydrogens is 220 g/mol. The molecule has 1 nitrogen and oxygen atoms in total.